The highest BCUT2D eigenvalue weighted by molar-refractivity contribution is 5.93. The van der Waals surface area contributed by atoms with Crippen molar-refractivity contribution in [1.29, 1.82) is 0 Å². The van der Waals surface area contributed by atoms with E-state index in [1.165, 1.54) is 0 Å². The Morgan fingerprint density at radius 2 is 1.50 bits per heavy atom. The summed E-state index contributed by atoms with van der Waals surface area (Å²) in [7, 11) is 3.49. The molecule has 0 spiro atoms. The molecule has 0 heterocycles. The van der Waals surface area contributed by atoms with Crippen molar-refractivity contribution in [2.75, 3.05) is 14.1 Å². The van der Waals surface area contributed by atoms with Gasteiger partial charge in [0.2, 0.25) is 0 Å². The Morgan fingerprint density at radius 3 is 1.78 bits per heavy atom. The van der Waals surface area contributed by atoms with Gasteiger partial charge in [-0.2, -0.15) is 13.2 Å². The van der Waals surface area contributed by atoms with Crippen molar-refractivity contribution >= 4 is 11.9 Å². The zero-order valence-electron chi connectivity index (χ0n) is 9.73. The van der Waals surface area contributed by atoms with E-state index in [0.717, 1.165) is 5.56 Å². The topological polar surface area (TPSA) is 57.6 Å². The van der Waals surface area contributed by atoms with E-state index in [1.807, 2.05) is 30.3 Å². The van der Waals surface area contributed by atoms with Gasteiger partial charge in [-0.3, -0.25) is 4.79 Å². The molecule has 7 heteroatoms. The Bertz CT molecular complexity index is 402. The van der Waals surface area contributed by atoms with Crippen molar-refractivity contribution in [3.05, 3.63) is 35.9 Å². The molecule has 0 saturated carbocycles. The number of alkyl halides is 3. The maximum absolute atomic E-state index is 11.3. The fraction of sp³-hybridized carbons (Fsp3) is 0.273. The van der Waals surface area contributed by atoms with Crippen LogP contribution in [0.5, 0.6) is 0 Å². The van der Waals surface area contributed by atoms with Crippen molar-refractivity contribution in [3.8, 4) is 0 Å². The van der Waals surface area contributed by atoms with Crippen molar-refractivity contribution in [2.45, 2.75) is 6.18 Å². The first-order valence-corrected chi connectivity index (χ1v) is 4.73. The predicted octanol–water partition coefficient (Wildman–Crippen LogP) is 2.02. The summed E-state index contributed by atoms with van der Waals surface area (Å²) >= 11 is 0. The Hall–Kier alpha value is -2.05. The summed E-state index contributed by atoms with van der Waals surface area (Å²) in [6, 6.07) is 9.23. The Kier molecular flexibility index (Phi) is 5.87. The monoisotopic (exact) mass is 263 g/mol. The molecule has 0 fully saturated rings. The lowest BCUT2D eigenvalue weighted by molar-refractivity contribution is -0.192. The molecule has 100 valence electrons. The number of rotatable bonds is 1. The lowest BCUT2D eigenvalue weighted by atomic mass is 10.2. The fourth-order valence-electron chi connectivity index (χ4n) is 0.839. The molecule has 0 radical (unpaired) electrons. The number of nitrogens with zero attached hydrogens (tertiary/aromatic N) is 1. The highest BCUT2D eigenvalue weighted by Gasteiger charge is 2.38. The van der Waals surface area contributed by atoms with Crippen LogP contribution in [-0.2, 0) is 4.79 Å². The van der Waals surface area contributed by atoms with Crippen LogP contribution in [0.3, 0.4) is 0 Å². The maximum atomic E-state index is 11.3. The van der Waals surface area contributed by atoms with E-state index in [9.17, 15) is 18.0 Å². The first kappa shape index (κ1) is 16.0. The quantitative estimate of drug-likeness (QED) is 0.843. The van der Waals surface area contributed by atoms with Gasteiger partial charge < -0.3 is 10.0 Å². The average molecular weight is 263 g/mol. The summed E-state index contributed by atoms with van der Waals surface area (Å²) in [5.74, 6) is -2.71. The summed E-state index contributed by atoms with van der Waals surface area (Å²) in [5.41, 5.74) is 0.734. The fourth-order valence-corrected chi connectivity index (χ4v) is 0.839. The molecule has 1 amide bonds. The zero-order valence-corrected chi connectivity index (χ0v) is 9.73. The van der Waals surface area contributed by atoms with E-state index in [4.69, 9.17) is 9.90 Å². The third-order valence-corrected chi connectivity index (χ3v) is 1.67. The number of aliphatic carboxylic acids is 1. The smallest absolute Gasteiger partial charge is 0.475 e. The molecule has 0 aliphatic heterocycles. The second-order valence-corrected chi connectivity index (χ2v) is 3.37. The molecule has 4 nitrogen and oxygen atoms in total. The van der Waals surface area contributed by atoms with E-state index in [0.29, 0.717) is 0 Å². The van der Waals surface area contributed by atoms with Crippen LogP contribution in [0.15, 0.2) is 30.3 Å². The number of carboxylic acid groups (broad SMARTS) is 1. The number of carbonyl (C=O) groups is 2. The average Bonchev–Trinajstić information content (AvgIpc) is 2.28. The van der Waals surface area contributed by atoms with E-state index < -0.39 is 12.1 Å². The number of hydrogen-bond donors (Lipinski definition) is 1. The second kappa shape index (κ2) is 6.63. The normalized spacial score (nSPS) is 10.1. The highest BCUT2D eigenvalue weighted by atomic mass is 19.4. The first-order valence-electron chi connectivity index (χ1n) is 4.73. The van der Waals surface area contributed by atoms with Crippen LogP contribution in [0.2, 0.25) is 0 Å². The van der Waals surface area contributed by atoms with Crippen molar-refractivity contribution in [3.63, 3.8) is 0 Å². The van der Waals surface area contributed by atoms with E-state index in [-0.39, 0.29) is 5.91 Å². The molecular formula is C11H12F3NO3. The summed E-state index contributed by atoms with van der Waals surface area (Å²) in [4.78, 5) is 21.7. The molecule has 0 saturated heterocycles. The van der Waals surface area contributed by atoms with Gasteiger partial charge in [-0.05, 0) is 12.1 Å². The highest BCUT2D eigenvalue weighted by Crippen LogP contribution is 2.13. The van der Waals surface area contributed by atoms with Gasteiger partial charge in [-0.1, -0.05) is 18.2 Å². The van der Waals surface area contributed by atoms with Crippen LogP contribution in [-0.4, -0.2) is 42.2 Å². The van der Waals surface area contributed by atoms with Crippen molar-refractivity contribution < 1.29 is 27.9 Å². The van der Waals surface area contributed by atoms with Gasteiger partial charge in [0, 0.05) is 19.7 Å². The third-order valence-electron chi connectivity index (χ3n) is 1.67. The number of carboxylic acids is 1. The molecule has 0 aliphatic rings. The summed E-state index contributed by atoms with van der Waals surface area (Å²) in [5, 5.41) is 7.12. The van der Waals surface area contributed by atoms with E-state index >= 15 is 0 Å². The molecule has 0 aliphatic carbocycles. The van der Waals surface area contributed by atoms with Gasteiger partial charge in [0.1, 0.15) is 0 Å². The lowest BCUT2D eigenvalue weighted by Crippen LogP contribution is -2.21. The van der Waals surface area contributed by atoms with Crippen LogP contribution in [0.25, 0.3) is 0 Å². The maximum Gasteiger partial charge on any atom is 0.490 e. The molecular weight excluding hydrogens is 251 g/mol. The van der Waals surface area contributed by atoms with Crippen LogP contribution in [0, 0.1) is 0 Å². The molecule has 1 aromatic rings. The van der Waals surface area contributed by atoms with Gasteiger partial charge in [-0.15, -0.1) is 0 Å². The van der Waals surface area contributed by atoms with Crippen molar-refractivity contribution in [1.82, 2.24) is 4.90 Å². The number of carbonyl (C=O) groups excluding carboxylic acids is 1. The van der Waals surface area contributed by atoms with Gasteiger partial charge in [0.25, 0.3) is 5.91 Å². The minimum absolute atomic E-state index is 0.0469. The number of hydrogen-bond acceptors (Lipinski definition) is 2. The first-order chi connectivity index (χ1) is 8.16. The number of benzene rings is 1. The van der Waals surface area contributed by atoms with Crippen molar-refractivity contribution in [2.24, 2.45) is 0 Å². The van der Waals surface area contributed by atoms with E-state index in [2.05, 4.69) is 0 Å². The second-order valence-electron chi connectivity index (χ2n) is 3.37. The van der Waals surface area contributed by atoms with Gasteiger partial charge in [0.05, 0.1) is 0 Å². The summed E-state index contributed by atoms with van der Waals surface area (Å²) in [6.07, 6.45) is -5.08. The molecule has 0 atom stereocenters. The standard InChI is InChI=1S/C9H11NO.C2HF3O2/c1-10(2)9(11)8-6-4-3-5-7-8;3-2(4,5)1(6)7/h3-7H,1-2H3;(H,6,7). The lowest BCUT2D eigenvalue weighted by Gasteiger charge is -2.08. The summed E-state index contributed by atoms with van der Waals surface area (Å²) in [6.45, 7) is 0. The SMILES string of the molecule is CN(C)C(=O)c1ccccc1.O=C(O)C(F)(F)F. The zero-order chi connectivity index (χ0) is 14.3. The molecule has 0 aromatic heterocycles. The molecule has 0 bridgehead atoms. The minimum Gasteiger partial charge on any atom is -0.475 e. The largest absolute Gasteiger partial charge is 0.490 e. The van der Waals surface area contributed by atoms with Gasteiger partial charge >= 0.3 is 12.1 Å². The van der Waals surface area contributed by atoms with Gasteiger partial charge in [-0.25, -0.2) is 4.79 Å². The predicted molar refractivity (Wildman–Crippen MR) is 58.2 cm³/mol. The molecule has 18 heavy (non-hydrogen) atoms. The summed E-state index contributed by atoms with van der Waals surface area (Å²) < 4.78 is 31.7. The number of amides is 1. The molecule has 0 unspecified atom stereocenters. The molecule has 1 rings (SSSR count). The van der Waals surface area contributed by atoms with Crippen LogP contribution in [0.1, 0.15) is 10.4 Å². The Balaban J connectivity index is 0.000000360. The number of halogens is 3. The van der Waals surface area contributed by atoms with E-state index in [1.54, 1.807) is 19.0 Å². The Labute approximate surface area is 102 Å². The van der Waals surface area contributed by atoms with Crippen LogP contribution < -0.4 is 0 Å². The minimum atomic E-state index is -5.08. The molecule has 1 aromatic carbocycles. The van der Waals surface area contributed by atoms with Crippen LogP contribution in [0.4, 0.5) is 13.2 Å². The van der Waals surface area contributed by atoms with Gasteiger partial charge in [0.15, 0.2) is 0 Å². The van der Waals surface area contributed by atoms with Crippen LogP contribution >= 0.6 is 0 Å². The Morgan fingerprint density at radius 1 is 1.11 bits per heavy atom. The molecule has 1 N–H and O–H groups in total. The third kappa shape index (κ3) is 5.88.